The van der Waals surface area contributed by atoms with Crippen LogP contribution in [0.15, 0.2) is 77.8 Å². The van der Waals surface area contributed by atoms with Crippen molar-refractivity contribution in [1.82, 2.24) is 9.29 Å². The first-order valence-electron chi connectivity index (χ1n) is 12.4. The molecular weight excluding hydrogens is 474 g/mol. The number of rotatable bonds is 6. The Morgan fingerprint density at radius 3 is 2.06 bits per heavy atom. The number of hydrogen-bond acceptors (Lipinski definition) is 6. The van der Waals surface area contributed by atoms with E-state index in [-0.39, 0.29) is 10.8 Å². The number of amides is 1. The molecule has 0 radical (unpaired) electrons. The quantitative estimate of drug-likeness (QED) is 0.548. The number of aromatic nitrogens is 1. The molecule has 1 aromatic heterocycles. The van der Waals surface area contributed by atoms with Crippen LogP contribution in [0.3, 0.4) is 0 Å². The minimum absolute atomic E-state index is 0.222. The molecular formula is C27H31N5O3S. The Bertz CT molecular complexity index is 1270. The monoisotopic (exact) mass is 505 g/mol. The Kier molecular flexibility index (Phi) is 7.20. The first kappa shape index (κ1) is 24.3. The van der Waals surface area contributed by atoms with Crippen LogP contribution in [0.4, 0.5) is 17.2 Å². The van der Waals surface area contributed by atoms with Gasteiger partial charge in [0.1, 0.15) is 5.82 Å². The Labute approximate surface area is 212 Å². The number of nitrogens with zero attached hydrogens (tertiary/aromatic N) is 4. The van der Waals surface area contributed by atoms with Gasteiger partial charge in [-0.15, -0.1) is 0 Å². The number of hydrogen-bond donors (Lipinski definition) is 1. The molecule has 2 fully saturated rings. The SMILES string of the molecule is O=C(Nc1ccc(N2CCN(c3ccccc3)CC2)nc1)c1ccc(S(=O)(=O)N2CCCCC2)cc1. The standard InChI is InChI=1S/C27H31N5O3S/c33-27(22-9-12-25(13-10-22)36(34,35)32-15-5-2-6-16-32)29-23-11-14-26(28-21-23)31-19-17-30(18-20-31)24-7-3-1-4-8-24/h1,3-4,7-14,21H,2,5-6,15-20H2,(H,29,33). The lowest BCUT2D eigenvalue weighted by atomic mass is 10.2. The molecule has 9 heteroatoms. The number of carbonyl (C=O) groups excluding carboxylic acids is 1. The number of piperidine rings is 1. The zero-order valence-corrected chi connectivity index (χ0v) is 21.0. The highest BCUT2D eigenvalue weighted by molar-refractivity contribution is 7.89. The highest BCUT2D eigenvalue weighted by Crippen LogP contribution is 2.22. The van der Waals surface area contributed by atoms with E-state index in [0.29, 0.717) is 24.3 Å². The molecule has 5 rings (SSSR count). The van der Waals surface area contributed by atoms with E-state index < -0.39 is 10.0 Å². The molecule has 0 atom stereocenters. The van der Waals surface area contributed by atoms with Crippen molar-refractivity contribution in [3.05, 3.63) is 78.5 Å². The maximum atomic E-state index is 12.8. The van der Waals surface area contributed by atoms with Crippen molar-refractivity contribution in [3.8, 4) is 0 Å². The average molecular weight is 506 g/mol. The minimum Gasteiger partial charge on any atom is -0.368 e. The topological polar surface area (TPSA) is 85.9 Å². The second-order valence-corrected chi connectivity index (χ2v) is 11.1. The summed E-state index contributed by atoms with van der Waals surface area (Å²) in [5, 5.41) is 2.85. The van der Waals surface area contributed by atoms with Crippen LogP contribution in [0.5, 0.6) is 0 Å². The van der Waals surface area contributed by atoms with E-state index in [1.165, 1.54) is 22.1 Å². The van der Waals surface area contributed by atoms with Gasteiger partial charge in [0.15, 0.2) is 0 Å². The number of pyridine rings is 1. The second-order valence-electron chi connectivity index (χ2n) is 9.16. The summed E-state index contributed by atoms with van der Waals surface area (Å²) in [5.41, 5.74) is 2.23. The summed E-state index contributed by atoms with van der Waals surface area (Å²) in [6.45, 7) is 4.70. The number of nitrogens with one attached hydrogen (secondary N) is 1. The van der Waals surface area contributed by atoms with Crippen molar-refractivity contribution >= 4 is 33.1 Å². The van der Waals surface area contributed by atoms with Gasteiger partial charge in [-0.1, -0.05) is 24.6 Å². The summed E-state index contributed by atoms with van der Waals surface area (Å²) in [6.07, 6.45) is 4.49. The molecule has 0 spiro atoms. The summed E-state index contributed by atoms with van der Waals surface area (Å²) in [7, 11) is -3.51. The van der Waals surface area contributed by atoms with Gasteiger partial charge in [0.05, 0.1) is 16.8 Å². The van der Waals surface area contributed by atoms with Gasteiger partial charge in [-0.25, -0.2) is 13.4 Å². The van der Waals surface area contributed by atoms with Gasteiger partial charge in [-0.3, -0.25) is 4.79 Å². The van der Waals surface area contributed by atoms with Crippen molar-refractivity contribution in [3.63, 3.8) is 0 Å². The van der Waals surface area contributed by atoms with Crippen LogP contribution < -0.4 is 15.1 Å². The third-order valence-electron chi connectivity index (χ3n) is 6.80. The van der Waals surface area contributed by atoms with E-state index in [4.69, 9.17) is 0 Å². The maximum absolute atomic E-state index is 12.8. The molecule has 188 valence electrons. The molecule has 1 amide bonds. The number of para-hydroxylation sites is 1. The molecule has 2 aromatic carbocycles. The number of carbonyl (C=O) groups is 1. The first-order valence-corrected chi connectivity index (χ1v) is 13.9. The van der Waals surface area contributed by atoms with E-state index in [0.717, 1.165) is 51.3 Å². The molecule has 2 aliphatic rings. The van der Waals surface area contributed by atoms with Gasteiger partial charge in [0.2, 0.25) is 10.0 Å². The first-order chi connectivity index (χ1) is 17.5. The molecule has 2 aliphatic heterocycles. The van der Waals surface area contributed by atoms with E-state index in [1.807, 2.05) is 18.2 Å². The predicted octanol–water partition coefficient (Wildman–Crippen LogP) is 3.84. The van der Waals surface area contributed by atoms with Crippen LogP contribution in [0.2, 0.25) is 0 Å². The third kappa shape index (κ3) is 5.37. The lowest BCUT2D eigenvalue weighted by Crippen LogP contribution is -2.46. The van der Waals surface area contributed by atoms with Gasteiger partial charge in [-0.05, 0) is 61.4 Å². The van der Waals surface area contributed by atoms with Crippen LogP contribution in [0, 0.1) is 0 Å². The fraction of sp³-hybridized carbons (Fsp3) is 0.333. The van der Waals surface area contributed by atoms with E-state index >= 15 is 0 Å². The zero-order valence-electron chi connectivity index (χ0n) is 20.2. The predicted molar refractivity (Wildman–Crippen MR) is 142 cm³/mol. The van der Waals surface area contributed by atoms with Crippen LogP contribution in [0.25, 0.3) is 0 Å². The molecule has 8 nitrogen and oxygen atoms in total. The molecule has 3 aromatic rings. The lowest BCUT2D eigenvalue weighted by molar-refractivity contribution is 0.102. The van der Waals surface area contributed by atoms with Gasteiger partial charge in [0.25, 0.3) is 5.91 Å². The largest absolute Gasteiger partial charge is 0.368 e. The molecule has 0 saturated carbocycles. The zero-order chi connectivity index (χ0) is 25.0. The number of anilines is 3. The molecule has 0 aliphatic carbocycles. The van der Waals surface area contributed by atoms with E-state index in [2.05, 4.69) is 44.4 Å². The molecule has 36 heavy (non-hydrogen) atoms. The Morgan fingerprint density at radius 2 is 1.42 bits per heavy atom. The molecule has 2 saturated heterocycles. The van der Waals surface area contributed by atoms with Crippen LogP contribution in [0.1, 0.15) is 29.6 Å². The Hall–Kier alpha value is -3.43. The Balaban J connectivity index is 1.17. The maximum Gasteiger partial charge on any atom is 0.255 e. The van der Waals surface area contributed by atoms with E-state index in [9.17, 15) is 13.2 Å². The smallest absolute Gasteiger partial charge is 0.255 e. The minimum atomic E-state index is -3.51. The summed E-state index contributed by atoms with van der Waals surface area (Å²) in [5.74, 6) is 0.580. The lowest BCUT2D eigenvalue weighted by Gasteiger charge is -2.36. The number of benzene rings is 2. The van der Waals surface area contributed by atoms with Crippen molar-refractivity contribution in [2.75, 3.05) is 54.4 Å². The van der Waals surface area contributed by atoms with Crippen LogP contribution in [-0.2, 0) is 10.0 Å². The third-order valence-corrected chi connectivity index (χ3v) is 8.71. The molecule has 0 unspecified atom stereocenters. The summed E-state index contributed by atoms with van der Waals surface area (Å²) >= 11 is 0. The highest BCUT2D eigenvalue weighted by atomic mass is 32.2. The van der Waals surface area contributed by atoms with Crippen LogP contribution >= 0.6 is 0 Å². The fourth-order valence-electron chi connectivity index (χ4n) is 4.72. The Morgan fingerprint density at radius 1 is 0.750 bits per heavy atom. The van der Waals surface area contributed by atoms with Crippen molar-refractivity contribution in [2.24, 2.45) is 0 Å². The normalized spacial score (nSPS) is 17.1. The number of sulfonamides is 1. The fourth-order valence-corrected chi connectivity index (χ4v) is 6.23. The van der Waals surface area contributed by atoms with E-state index in [1.54, 1.807) is 18.3 Å². The average Bonchev–Trinajstić information content (AvgIpc) is 2.94. The second kappa shape index (κ2) is 10.7. The summed E-state index contributed by atoms with van der Waals surface area (Å²) in [4.78, 5) is 22.1. The molecule has 3 heterocycles. The van der Waals surface area contributed by atoms with Gasteiger partial charge < -0.3 is 15.1 Å². The van der Waals surface area contributed by atoms with Gasteiger partial charge >= 0.3 is 0 Å². The summed E-state index contributed by atoms with van der Waals surface area (Å²) in [6, 6.07) is 20.3. The molecule has 1 N–H and O–H groups in total. The van der Waals surface area contributed by atoms with Crippen molar-refractivity contribution < 1.29 is 13.2 Å². The highest BCUT2D eigenvalue weighted by Gasteiger charge is 2.26. The van der Waals surface area contributed by atoms with Gasteiger partial charge in [0, 0.05) is 50.5 Å². The summed E-state index contributed by atoms with van der Waals surface area (Å²) < 4.78 is 27.2. The van der Waals surface area contributed by atoms with Gasteiger partial charge in [-0.2, -0.15) is 4.31 Å². The molecule has 0 bridgehead atoms. The van der Waals surface area contributed by atoms with Crippen molar-refractivity contribution in [2.45, 2.75) is 24.2 Å². The van der Waals surface area contributed by atoms with Crippen LogP contribution in [-0.4, -0.2) is 62.9 Å². The van der Waals surface area contributed by atoms with Crippen molar-refractivity contribution in [1.29, 1.82) is 0 Å². The number of piperazine rings is 1.